The van der Waals surface area contributed by atoms with Crippen LogP contribution in [0.2, 0.25) is 0 Å². The lowest BCUT2D eigenvalue weighted by atomic mass is 9.80. The molecule has 41 heavy (non-hydrogen) atoms. The van der Waals surface area contributed by atoms with Crippen molar-refractivity contribution in [3.63, 3.8) is 0 Å². The maximum atomic E-state index is 2.49. The van der Waals surface area contributed by atoms with E-state index >= 15 is 0 Å². The standard InChI is InChI=1S/C40H32S/c1-24-21-36-34(29-13-7-9-15-35(29)40(36,3)4)23-33(24)31-19-20-32-30-14-8-10-16-37(30)41-39(32)38(31)25(2)27-18-17-26-11-5-6-12-28(26)22-27/h5-23,25H,1-4H3. The third-order valence-electron chi connectivity index (χ3n) is 9.51. The van der Waals surface area contributed by atoms with Gasteiger partial charge in [0.05, 0.1) is 0 Å². The summed E-state index contributed by atoms with van der Waals surface area (Å²) in [6.07, 6.45) is 0. The topological polar surface area (TPSA) is 0 Å². The minimum absolute atomic E-state index is 0.00582. The van der Waals surface area contributed by atoms with Crippen LogP contribution in [0.25, 0.3) is 53.2 Å². The van der Waals surface area contributed by atoms with E-state index in [1.54, 1.807) is 0 Å². The van der Waals surface area contributed by atoms with Gasteiger partial charge >= 0.3 is 0 Å². The second kappa shape index (κ2) is 8.90. The molecule has 0 bridgehead atoms. The van der Waals surface area contributed by atoms with E-state index in [0.29, 0.717) is 0 Å². The number of aryl methyl sites for hydroxylation is 1. The van der Waals surface area contributed by atoms with Crippen LogP contribution in [0, 0.1) is 6.92 Å². The van der Waals surface area contributed by atoms with Crippen molar-refractivity contribution < 1.29 is 0 Å². The molecule has 0 saturated heterocycles. The fourth-order valence-electron chi connectivity index (χ4n) is 7.26. The van der Waals surface area contributed by atoms with Crippen LogP contribution < -0.4 is 0 Å². The first-order valence-electron chi connectivity index (χ1n) is 14.6. The lowest BCUT2D eigenvalue weighted by molar-refractivity contribution is 0.660. The molecule has 0 saturated carbocycles. The molecular weight excluding hydrogens is 513 g/mol. The molecule has 0 radical (unpaired) electrons. The zero-order valence-corrected chi connectivity index (χ0v) is 24.8. The van der Waals surface area contributed by atoms with E-state index in [1.807, 2.05) is 11.3 Å². The Morgan fingerprint density at radius 3 is 2.22 bits per heavy atom. The van der Waals surface area contributed by atoms with Crippen molar-refractivity contribution in [2.45, 2.75) is 39.0 Å². The number of hydrogen-bond acceptors (Lipinski definition) is 1. The second-order valence-electron chi connectivity index (χ2n) is 12.2. The first-order valence-corrected chi connectivity index (χ1v) is 15.4. The third-order valence-corrected chi connectivity index (χ3v) is 10.7. The summed E-state index contributed by atoms with van der Waals surface area (Å²) in [5.74, 6) is 0.239. The Kier molecular flexibility index (Phi) is 5.34. The SMILES string of the molecule is Cc1cc2c(cc1-c1ccc3c(sc4ccccc43)c1C(C)c1ccc3ccccc3c1)-c1ccccc1C2(C)C. The van der Waals surface area contributed by atoms with Crippen molar-refractivity contribution in [1.82, 2.24) is 0 Å². The summed E-state index contributed by atoms with van der Waals surface area (Å²) in [5.41, 5.74) is 12.5. The summed E-state index contributed by atoms with van der Waals surface area (Å²) in [4.78, 5) is 0. The average Bonchev–Trinajstić information content (AvgIpc) is 3.48. The van der Waals surface area contributed by atoms with Gasteiger partial charge < -0.3 is 0 Å². The number of fused-ring (bicyclic) bond motifs is 7. The van der Waals surface area contributed by atoms with Gasteiger partial charge in [-0.1, -0.05) is 124 Å². The lowest BCUT2D eigenvalue weighted by Gasteiger charge is -2.24. The molecule has 7 aromatic rings. The smallest absolute Gasteiger partial charge is 0.0399 e. The fourth-order valence-corrected chi connectivity index (χ4v) is 8.60. The summed E-state index contributed by atoms with van der Waals surface area (Å²) < 4.78 is 2.76. The zero-order chi connectivity index (χ0) is 27.9. The van der Waals surface area contributed by atoms with Gasteiger partial charge in [0.15, 0.2) is 0 Å². The molecule has 1 aliphatic carbocycles. The highest BCUT2D eigenvalue weighted by molar-refractivity contribution is 7.26. The number of benzene rings is 6. The van der Waals surface area contributed by atoms with Gasteiger partial charge in [0, 0.05) is 31.5 Å². The highest BCUT2D eigenvalue weighted by Gasteiger charge is 2.36. The maximum absolute atomic E-state index is 2.49. The van der Waals surface area contributed by atoms with Crippen LogP contribution in [-0.2, 0) is 5.41 Å². The van der Waals surface area contributed by atoms with Crippen molar-refractivity contribution >= 4 is 42.3 Å². The van der Waals surface area contributed by atoms with Crippen LogP contribution in [0.1, 0.15) is 54.5 Å². The van der Waals surface area contributed by atoms with Crippen molar-refractivity contribution in [2.75, 3.05) is 0 Å². The van der Waals surface area contributed by atoms with Crippen LogP contribution in [0.5, 0.6) is 0 Å². The Hall–Kier alpha value is -4.20. The van der Waals surface area contributed by atoms with Gasteiger partial charge in [0.2, 0.25) is 0 Å². The van der Waals surface area contributed by atoms with Crippen molar-refractivity contribution in [3.8, 4) is 22.3 Å². The van der Waals surface area contributed by atoms with Gasteiger partial charge in [-0.2, -0.15) is 0 Å². The van der Waals surface area contributed by atoms with Gasteiger partial charge in [0.1, 0.15) is 0 Å². The van der Waals surface area contributed by atoms with E-state index in [9.17, 15) is 0 Å². The minimum atomic E-state index is 0.00582. The number of hydrogen-bond donors (Lipinski definition) is 0. The number of thiophene rings is 1. The summed E-state index contributed by atoms with van der Waals surface area (Å²) in [6.45, 7) is 9.43. The molecule has 0 aliphatic heterocycles. The van der Waals surface area contributed by atoms with Gasteiger partial charge in [-0.05, 0) is 79.9 Å². The predicted octanol–water partition coefficient (Wildman–Crippen LogP) is 11.6. The summed E-state index contributed by atoms with van der Waals surface area (Å²) >= 11 is 1.94. The molecular formula is C40H32S. The molecule has 1 unspecified atom stereocenters. The van der Waals surface area contributed by atoms with Crippen LogP contribution in [0.4, 0.5) is 0 Å². The first-order chi connectivity index (χ1) is 19.9. The summed E-state index contributed by atoms with van der Waals surface area (Å²) in [7, 11) is 0. The van der Waals surface area contributed by atoms with Crippen LogP contribution >= 0.6 is 11.3 Å². The van der Waals surface area contributed by atoms with E-state index < -0.39 is 0 Å². The first kappa shape index (κ1) is 24.6. The van der Waals surface area contributed by atoms with E-state index in [1.165, 1.54) is 81.0 Å². The average molecular weight is 545 g/mol. The third kappa shape index (κ3) is 3.59. The summed E-state index contributed by atoms with van der Waals surface area (Å²) in [6, 6.07) is 43.3. The fraction of sp³-hybridized carbons (Fsp3) is 0.150. The van der Waals surface area contributed by atoms with E-state index in [-0.39, 0.29) is 11.3 Å². The molecule has 1 aromatic heterocycles. The predicted molar refractivity (Wildman–Crippen MR) is 179 cm³/mol. The monoisotopic (exact) mass is 544 g/mol. The molecule has 198 valence electrons. The summed E-state index contributed by atoms with van der Waals surface area (Å²) in [5, 5.41) is 5.31. The van der Waals surface area contributed by atoms with Crippen LogP contribution in [-0.4, -0.2) is 0 Å². The molecule has 1 heteroatoms. The molecule has 0 spiro atoms. The molecule has 0 amide bonds. The molecule has 8 rings (SSSR count). The highest BCUT2D eigenvalue weighted by Crippen LogP contribution is 2.52. The van der Waals surface area contributed by atoms with E-state index in [2.05, 4.69) is 143 Å². The minimum Gasteiger partial charge on any atom is -0.135 e. The van der Waals surface area contributed by atoms with Crippen LogP contribution in [0.15, 0.2) is 115 Å². The highest BCUT2D eigenvalue weighted by atomic mass is 32.1. The Morgan fingerprint density at radius 2 is 1.34 bits per heavy atom. The maximum Gasteiger partial charge on any atom is 0.0399 e. The van der Waals surface area contributed by atoms with Gasteiger partial charge in [-0.3, -0.25) is 0 Å². The molecule has 0 N–H and O–H groups in total. The Labute approximate surface area is 245 Å². The zero-order valence-electron chi connectivity index (χ0n) is 24.0. The van der Waals surface area contributed by atoms with Gasteiger partial charge in [-0.15, -0.1) is 11.3 Å². The molecule has 0 nitrogen and oxygen atoms in total. The second-order valence-corrected chi connectivity index (χ2v) is 13.3. The van der Waals surface area contributed by atoms with E-state index in [0.717, 1.165) is 0 Å². The van der Waals surface area contributed by atoms with Crippen LogP contribution in [0.3, 0.4) is 0 Å². The quantitative estimate of drug-likeness (QED) is 0.207. The van der Waals surface area contributed by atoms with Crippen molar-refractivity contribution in [3.05, 3.63) is 143 Å². The van der Waals surface area contributed by atoms with Gasteiger partial charge in [-0.25, -0.2) is 0 Å². The Balaban J connectivity index is 1.41. The molecule has 6 aromatic carbocycles. The van der Waals surface area contributed by atoms with E-state index in [4.69, 9.17) is 0 Å². The lowest BCUT2D eigenvalue weighted by Crippen LogP contribution is -2.15. The van der Waals surface area contributed by atoms with Gasteiger partial charge in [0.25, 0.3) is 0 Å². The molecule has 1 aliphatic rings. The Morgan fingerprint density at radius 1 is 0.585 bits per heavy atom. The molecule has 0 fully saturated rings. The van der Waals surface area contributed by atoms with Crippen molar-refractivity contribution in [1.29, 1.82) is 0 Å². The van der Waals surface area contributed by atoms with Crippen molar-refractivity contribution in [2.24, 2.45) is 0 Å². The number of rotatable bonds is 3. The largest absolute Gasteiger partial charge is 0.135 e. The normalized spacial score (nSPS) is 14.4. The Bertz CT molecular complexity index is 2160. The molecule has 1 heterocycles. The molecule has 1 atom stereocenters.